The lowest BCUT2D eigenvalue weighted by Crippen LogP contribution is -2.14. The molecule has 0 amide bonds. The molecular formula is C11H15BrIN3O. The molecule has 0 unspecified atom stereocenters. The summed E-state index contributed by atoms with van der Waals surface area (Å²) in [5.74, 6) is 0.802. The van der Waals surface area contributed by atoms with Crippen LogP contribution in [0.4, 0.5) is 5.69 Å². The van der Waals surface area contributed by atoms with E-state index in [4.69, 9.17) is 4.74 Å². The SMILES string of the molecule is CCN(CC)N=Nc1cc(Br)c(OC)cc1I. The molecule has 0 bridgehead atoms. The molecule has 0 aliphatic rings. The molecule has 0 atom stereocenters. The molecule has 0 radical (unpaired) electrons. The van der Waals surface area contributed by atoms with Crippen LogP contribution in [0.1, 0.15) is 13.8 Å². The van der Waals surface area contributed by atoms with E-state index in [-0.39, 0.29) is 0 Å². The molecule has 0 fully saturated rings. The highest BCUT2D eigenvalue weighted by Crippen LogP contribution is 2.33. The van der Waals surface area contributed by atoms with Crippen molar-refractivity contribution in [3.8, 4) is 5.75 Å². The van der Waals surface area contributed by atoms with E-state index in [9.17, 15) is 0 Å². The van der Waals surface area contributed by atoms with Crippen molar-refractivity contribution in [3.05, 3.63) is 20.2 Å². The minimum atomic E-state index is 0.802. The van der Waals surface area contributed by atoms with Gasteiger partial charge in [-0.1, -0.05) is 5.22 Å². The van der Waals surface area contributed by atoms with Gasteiger partial charge in [0.25, 0.3) is 0 Å². The lowest BCUT2D eigenvalue weighted by molar-refractivity contribution is 0.300. The number of methoxy groups -OCH3 is 1. The van der Waals surface area contributed by atoms with Crippen LogP contribution in [-0.4, -0.2) is 25.2 Å². The summed E-state index contributed by atoms with van der Waals surface area (Å²) in [7, 11) is 1.65. The fourth-order valence-electron chi connectivity index (χ4n) is 1.21. The first kappa shape index (κ1) is 14.7. The van der Waals surface area contributed by atoms with Gasteiger partial charge >= 0.3 is 0 Å². The fraction of sp³-hybridized carbons (Fsp3) is 0.455. The summed E-state index contributed by atoms with van der Waals surface area (Å²) in [5, 5.41) is 10.3. The fourth-order valence-corrected chi connectivity index (χ4v) is 2.25. The van der Waals surface area contributed by atoms with Crippen molar-refractivity contribution in [3.63, 3.8) is 0 Å². The molecule has 0 saturated heterocycles. The normalized spacial score (nSPS) is 10.9. The third kappa shape index (κ3) is 4.09. The molecule has 0 saturated carbocycles. The van der Waals surface area contributed by atoms with E-state index in [2.05, 4.69) is 62.7 Å². The van der Waals surface area contributed by atoms with Crippen LogP contribution in [0.25, 0.3) is 0 Å². The third-order valence-corrected chi connectivity index (χ3v) is 3.71. The second-order valence-corrected chi connectivity index (χ2v) is 5.28. The summed E-state index contributed by atoms with van der Waals surface area (Å²) in [6.07, 6.45) is 0. The minimum Gasteiger partial charge on any atom is -0.496 e. The number of rotatable bonds is 5. The van der Waals surface area contributed by atoms with Gasteiger partial charge in [-0.25, -0.2) is 0 Å². The molecule has 1 rings (SSSR count). The highest BCUT2D eigenvalue weighted by atomic mass is 127. The summed E-state index contributed by atoms with van der Waals surface area (Å²) in [6, 6.07) is 3.84. The van der Waals surface area contributed by atoms with Crippen LogP contribution < -0.4 is 4.74 Å². The maximum atomic E-state index is 5.21. The van der Waals surface area contributed by atoms with Gasteiger partial charge in [0.15, 0.2) is 0 Å². The van der Waals surface area contributed by atoms with E-state index in [1.807, 2.05) is 17.1 Å². The van der Waals surface area contributed by atoms with Crippen LogP contribution >= 0.6 is 38.5 Å². The highest BCUT2D eigenvalue weighted by Gasteiger charge is 2.06. The number of hydrogen-bond donors (Lipinski definition) is 0. The number of ether oxygens (including phenoxy) is 1. The molecule has 1 aromatic rings. The van der Waals surface area contributed by atoms with E-state index >= 15 is 0 Å². The first-order valence-corrected chi connectivity index (χ1v) is 7.19. The third-order valence-electron chi connectivity index (χ3n) is 2.23. The Bertz CT molecular complexity index is 408. The molecule has 0 aliphatic heterocycles. The van der Waals surface area contributed by atoms with Gasteiger partial charge in [0, 0.05) is 16.7 Å². The Morgan fingerprint density at radius 3 is 2.53 bits per heavy atom. The van der Waals surface area contributed by atoms with Crippen molar-refractivity contribution in [2.45, 2.75) is 13.8 Å². The number of hydrogen-bond acceptors (Lipinski definition) is 3. The van der Waals surface area contributed by atoms with Gasteiger partial charge in [-0.15, -0.1) is 5.11 Å². The Hall–Kier alpha value is -0.370. The molecule has 0 heterocycles. The molecule has 94 valence electrons. The molecule has 17 heavy (non-hydrogen) atoms. The zero-order valence-electron chi connectivity index (χ0n) is 10.1. The van der Waals surface area contributed by atoms with Crippen molar-refractivity contribution in [1.29, 1.82) is 0 Å². The van der Waals surface area contributed by atoms with Crippen LogP contribution in [0.2, 0.25) is 0 Å². The Balaban J connectivity index is 2.95. The highest BCUT2D eigenvalue weighted by molar-refractivity contribution is 14.1. The summed E-state index contributed by atoms with van der Waals surface area (Å²) < 4.78 is 7.11. The first-order valence-electron chi connectivity index (χ1n) is 5.32. The van der Waals surface area contributed by atoms with E-state index in [1.54, 1.807) is 7.11 Å². The van der Waals surface area contributed by atoms with Crippen molar-refractivity contribution in [2.24, 2.45) is 10.3 Å². The summed E-state index contributed by atoms with van der Waals surface area (Å²) >= 11 is 5.66. The average Bonchev–Trinajstić information content (AvgIpc) is 2.34. The van der Waals surface area contributed by atoms with Gasteiger partial charge in [-0.05, 0) is 64.5 Å². The van der Waals surface area contributed by atoms with Crippen LogP contribution in [0.15, 0.2) is 26.9 Å². The maximum absolute atomic E-state index is 5.21. The van der Waals surface area contributed by atoms with E-state index < -0.39 is 0 Å². The smallest absolute Gasteiger partial charge is 0.134 e. The Kier molecular flexibility index (Phi) is 6.18. The lowest BCUT2D eigenvalue weighted by Gasteiger charge is -2.12. The predicted octanol–water partition coefficient (Wildman–Crippen LogP) is 4.40. The van der Waals surface area contributed by atoms with Crippen molar-refractivity contribution in [1.82, 2.24) is 5.01 Å². The zero-order chi connectivity index (χ0) is 12.8. The van der Waals surface area contributed by atoms with E-state index in [0.29, 0.717) is 0 Å². The molecule has 0 aromatic heterocycles. The van der Waals surface area contributed by atoms with Crippen molar-refractivity contribution in [2.75, 3.05) is 20.2 Å². The quantitative estimate of drug-likeness (QED) is 0.409. The van der Waals surface area contributed by atoms with Gasteiger partial charge in [0.05, 0.1) is 11.6 Å². The molecule has 1 aromatic carbocycles. The lowest BCUT2D eigenvalue weighted by atomic mass is 10.3. The average molecular weight is 412 g/mol. The Labute approximate surface area is 124 Å². The molecule has 6 heteroatoms. The monoisotopic (exact) mass is 411 g/mol. The predicted molar refractivity (Wildman–Crippen MR) is 80.8 cm³/mol. The molecule has 4 nitrogen and oxygen atoms in total. The van der Waals surface area contributed by atoms with Crippen LogP contribution in [0.3, 0.4) is 0 Å². The molecule has 0 N–H and O–H groups in total. The van der Waals surface area contributed by atoms with Gasteiger partial charge in [-0.2, -0.15) is 0 Å². The topological polar surface area (TPSA) is 37.2 Å². The van der Waals surface area contributed by atoms with Crippen molar-refractivity contribution >= 4 is 44.2 Å². The Morgan fingerprint density at radius 2 is 2.00 bits per heavy atom. The van der Waals surface area contributed by atoms with Crippen LogP contribution in [0, 0.1) is 3.57 Å². The summed E-state index contributed by atoms with van der Waals surface area (Å²) in [4.78, 5) is 0. The van der Waals surface area contributed by atoms with E-state index in [0.717, 1.165) is 32.6 Å². The second kappa shape index (κ2) is 7.15. The number of halogens is 2. The van der Waals surface area contributed by atoms with Gasteiger partial charge in [-0.3, -0.25) is 5.01 Å². The zero-order valence-corrected chi connectivity index (χ0v) is 13.8. The van der Waals surface area contributed by atoms with Gasteiger partial charge < -0.3 is 4.74 Å². The van der Waals surface area contributed by atoms with Crippen LogP contribution in [-0.2, 0) is 0 Å². The van der Waals surface area contributed by atoms with Gasteiger partial charge in [0.2, 0.25) is 0 Å². The van der Waals surface area contributed by atoms with Gasteiger partial charge in [0.1, 0.15) is 11.4 Å². The molecule has 0 aliphatic carbocycles. The standard InChI is InChI=1S/C11H15BrIN3O/c1-4-16(5-2)15-14-10-6-8(12)11(17-3)7-9(10)13/h6-7H,4-5H2,1-3H3. The van der Waals surface area contributed by atoms with Crippen LogP contribution in [0.5, 0.6) is 5.75 Å². The second-order valence-electron chi connectivity index (χ2n) is 3.27. The minimum absolute atomic E-state index is 0.802. The number of benzene rings is 1. The molecule has 0 spiro atoms. The number of nitrogens with zero attached hydrogens (tertiary/aromatic N) is 3. The summed E-state index contributed by atoms with van der Waals surface area (Å²) in [5.41, 5.74) is 0.838. The Morgan fingerprint density at radius 1 is 1.35 bits per heavy atom. The van der Waals surface area contributed by atoms with Crippen molar-refractivity contribution < 1.29 is 4.74 Å². The maximum Gasteiger partial charge on any atom is 0.134 e. The summed E-state index contributed by atoms with van der Waals surface area (Å²) in [6.45, 7) is 5.82. The largest absolute Gasteiger partial charge is 0.496 e. The van der Waals surface area contributed by atoms with E-state index in [1.165, 1.54) is 0 Å². The molecular weight excluding hydrogens is 397 g/mol. The first-order chi connectivity index (χ1) is 8.12.